The minimum atomic E-state index is -0.346. The Balaban J connectivity index is 2.19. The van der Waals surface area contributed by atoms with E-state index in [1.807, 2.05) is 6.92 Å². The Morgan fingerprint density at radius 2 is 2.16 bits per heavy atom. The van der Waals surface area contributed by atoms with Crippen molar-refractivity contribution < 1.29 is 15.0 Å². The first-order valence-electron chi connectivity index (χ1n) is 5.65. The molecule has 0 unspecified atom stereocenters. The number of aromatic hydroxyl groups is 2. The van der Waals surface area contributed by atoms with Crippen LogP contribution in [-0.4, -0.2) is 33.1 Å². The predicted octanol–water partition coefficient (Wildman–Crippen LogP) is 2.13. The van der Waals surface area contributed by atoms with Crippen LogP contribution in [-0.2, 0) is 6.54 Å². The van der Waals surface area contributed by atoms with Crippen molar-refractivity contribution in [2.75, 3.05) is 7.05 Å². The van der Waals surface area contributed by atoms with Crippen LogP contribution in [0.2, 0.25) is 0 Å². The summed E-state index contributed by atoms with van der Waals surface area (Å²) in [6.45, 7) is 2.31. The highest BCUT2D eigenvalue weighted by molar-refractivity contribution is 7.09. The second-order valence-corrected chi connectivity index (χ2v) is 5.16. The van der Waals surface area contributed by atoms with Crippen molar-refractivity contribution in [3.63, 3.8) is 0 Å². The van der Waals surface area contributed by atoms with Crippen LogP contribution in [0.15, 0.2) is 23.7 Å². The molecule has 0 saturated carbocycles. The zero-order valence-corrected chi connectivity index (χ0v) is 11.4. The summed E-state index contributed by atoms with van der Waals surface area (Å²) in [4.78, 5) is 18.8. The van der Waals surface area contributed by atoms with Gasteiger partial charge in [-0.1, -0.05) is 0 Å². The number of phenols is 2. The van der Waals surface area contributed by atoms with Gasteiger partial charge in [0, 0.05) is 11.9 Å². The third-order valence-electron chi connectivity index (χ3n) is 2.78. The molecule has 1 amide bonds. The van der Waals surface area contributed by atoms with E-state index in [1.165, 1.54) is 34.4 Å². The molecule has 1 heterocycles. The number of aryl methyl sites for hydroxylation is 1. The largest absolute Gasteiger partial charge is 0.508 e. The molecule has 2 rings (SSSR count). The third kappa shape index (κ3) is 2.85. The van der Waals surface area contributed by atoms with Gasteiger partial charge in [0.25, 0.3) is 5.91 Å². The molecule has 6 heteroatoms. The summed E-state index contributed by atoms with van der Waals surface area (Å²) in [5.74, 6) is -0.541. The van der Waals surface area contributed by atoms with E-state index in [9.17, 15) is 15.0 Å². The van der Waals surface area contributed by atoms with Crippen LogP contribution in [0.4, 0.5) is 0 Å². The molecule has 0 radical (unpaired) electrons. The van der Waals surface area contributed by atoms with Crippen molar-refractivity contribution in [1.82, 2.24) is 9.88 Å². The predicted molar refractivity (Wildman–Crippen MR) is 72.4 cm³/mol. The number of amides is 1. The smallest absolute Gasteiger partial charge is 0.257 e. The van der Waals surface area contributed by atoms with Crippen molar-refractivity contribution in [3.8, 4) is 11.5 Å². The van der Waals surface area contributed by atoms with Crippen molar-refractivity contribution in [2.45, 2.75) is 13.5 Å². The number of hydrogen-bond donors (Lipinski definition) is 2. The molecule has 0 atom stereocenters. The lowest BCUT2D eigenvalue weighted by atomic mass is 10.1. The molecule has 0 aliphatic carbocycles. The highest BCUT2D eigenvalue weighted by Gasteiger charge is 2.17. The SMILES string of the molecule is Cc1ncsc1CN(C)C(=O)c1cc(O)ccc1O. The highest BCUT2D eigenvalue weighted by Crippen LogP contribution is 2.24. The topological polar surface area (TPSA) is 73.7 Å². The van der Waals surface area contributed by atoms with Gasteiger partial charge in [-0.2, -0.15) is 0 Å². The highest BCUT2D eigenvalue weighted by atomic mass is 32.1. The molecule has 100 valence electrons. The van der Waals surface area contributed by atoms with Gasteiger partial charge in [0.15, 0.2) is 0 Å². The lowest BCUT2D eigenvalue weighted by molar-refractivity contribution is 0.0783. The van der Waals surface area contributed by atoms with Crippen LogP contribution >= 0.6 is 11.3 Å². The van der Waals surface area contributed by atoms with Gasteiger partial charge in [0.1, 0.15) is 11.5 Å². The second kappa shape index (κ2) is 5.27. The number of nitrogens with zero attached hydrogens (tertiary/aromatic N) is 2. The van der Waals surface area contributed by atoms with E-state index in [2.05, 4.69) is 4.98 Å². The number of carbonyl (C=O) groups is 1. The minimum absolute atomic E-state index is 0.0523. The number of phenolic OH excluding ortho intramolecular Hbond substituents is 2. The molecular formula is C13H14N2O3S. The van der Waals surface area contributed by atoms with E-state index in [0.29, 0.717) is 6.54 Å². The van der Waals surface area contributed by atoms with Crippen LogP contribution < -0.4 is 0 Å². The zero-order chi connectivity index (χ0) is 14.0. The van der Waals surface area contributed by atoms with E-state index >= 15 is 0 Å². The van der Waals surface area contributed by atoms with Gasteiger partial charge in [-0.3, -0.25) is 4.79 Å². The van der Waals surface area contributed by atoms with Gasteiger partial charge in [-0.05, 0) is 25.1 Å². The summed E-state index contributed by atoms with van der Waals surface area (Å²) in [6.07, 6.45) is 0. The maximum absolute atomic E-state index is 12.2. The maximum Gasteiger partial charge on any atom is 0.257 e. The molecule has 0 spiro atoms. The molecular weight excluding hydrogens is 264 g/mol. The third-order valence-corrected chi connectivity index (χ3v) is 3.70. The van der Waals surface area contributed by atoms with E-state index in [4.69, 9.17) is 0 Å². The fraction of sp³-hybridized carbons (Fsp3) is 0.231. The van der Waals surface area contributed by atoms with Crippen LogP contribution in [0.5, 0.6) is 11.5 Å². The number of hydrogen-bond acceptors (Lipinski definition) is 5. The first-order chi connectivity index (χ1) is 8.99. The van der Waals surface area contributed by atoms with Crippen LogP contribution in [0.1, 0.15) is 20.9 Å². The molecule has 2 N–H and O–H groups in total. The molecule has 0 bridgehead atoms. The molecule has 1 aromatic heterocycles. The minimum Gasteiger partial charge on any atom is -0.508 e. The summed E-state index contributed by atoms with van der Waals surface area (Å²) >= 11 is 1.48. The number of aromatic nitrogens is 1. The Hall–Kier alpha value is -2.08. The first kappa shape index (κ1) is 13.4. The standard InChI is InChI=1S/C13H14N2O3S/c1-8-12(19-7-14-8)6-15(2)13(18)10-5-9(16)3-4-11(10)17/h3-5,7,16-17H,6H2,1-2H3. The van der Waals surface area contributed by atoms with Crippen molar-refractivity contribution in [3.05, 3.63) is 39.8 Å². The normalized spacial score (nSPS) is 10.4. The molecule has 0 fully saturated rings. The lowest BCUT2D eigenvalue weighted by Crippen LogP contribution is -2.26. The summed E-state index contributed by atoms with van der Waals surface area (Å²) in [6, 6.07) is 3.89. The Labute approximate surface area is 114 Å². The summed E-state index contributed by atoms with van der Waals surface area (Å²) in [7, 11) is 1.64. The van der Waals surface area contributed by atoms with Crippen molar-refractivity contribution >= 4 is 17.2 Å². The van der Waals surface area contributed by atoms with E-state index in [1.54, 1.807) is 12.6 Å². The Kier molecular flexibility index (Phi) is 3.71. The number of benzene rings is 1. The molecule has 1 aromatic carbocycles. The van der Waals surface area contributed by atoms with Gasteiger partial charge in [0.2, 0.25) is 0 Å². The Morgan fingerprint density at radius 3 is 2.79 bits per heavy atom. The van der Waals surface area contributed by atoms with E-state index in [-0.39, 0.29) is 23.0 Å². The Morgan fingerprint density at radius 1 is 1.42 bits per heavy atom. The average molecular weight is 278 g/mol. The number of carbonyl (C=O) groups excluding carboxylic acids is 1. The van der Waals surface area contributed by atoms with E-state index < -0.39 is 0 Å². The van der Waals surface area contributed by atoms with Crippen LogP contribution in [0, 0.1) is 6.92 Å². The van der Waals surface area contributed by atoms with Gasteiger partial charge < -0.3 is 15.1 Å². The van der Waals surface area contributed by atoms with Crippen molar-refractivity contribution in [1.29, 1.82) is 0 Å². The molecule has 0 saturated heterocycles. The zero-order valence-electron chi connectivity index (χ0n) is 10.6. The number of thiazole rings is 1. The van der Waals surface area contributed by atoms with Crippen molar-refractivity contribution in [2.24, 2.45) is 0 Å². The summed E-state index contributed by atoms with van der Waals surface area (Å²) < 4.78 is 0. The van der Waals surface area contributed by atoms with Crippen LogP contribution in [0.25, 0.3) is 0 Å². The fourth-order valence-electron chi connectivity index (χ4n) is 1.67. The monoisotopic (exact) mass is 278 g/mol. The first-order valence-corrected chi connectivity index (χ1v) is 6.53. The van der Waals surface area contributed by atoms with Gasteiger partial charge >= 0.3 is 0 Å². The molecule has 5 nitrogen and oxygen atoms in total. The molecule has 2 aromatic rings. The van der Waals surface area contributed by atoms with Gasteiger partial charge in [-0.25, -0.2) is 4.98 Å². The lowest BCUT2D eigenvalue weighted by Gasteiger charge is -2.17. The van der Waals surface area contributed by atoms with E-state index in [0.717, 1.165) is 10.6 Å². The van der Waals surface area contributed by atoms with Gasteiger partial charge in [-0.15, -0.1) is 11.3 Å². The molecule has 0 aliphatic rings. The Bertz CT molecular complexity index is 610. The molecule has 19 heavy (non-hydrogen) atoms. The second-order valence-electron chi connectivity index (χ2n) is 4.22. The fourth-order valence-corrected chi connectivity index (χ4v) is 2.50. The average Bonchev–Trinajstić information content (AvgIpc) is 2.77. The summed E-state index contributed by atoms with van der Waals surface area (Å²) in [5.41, 5.74) is 2.71. The quantitative estimate of drug-likeness (QED) is 0.844. The maximum atomic E-state index is 12.2. The molecule has 0 aliphatic heterocycles. The van der Waals surface area contributed by atoms with Crippen LogP contribution in [0.3, 0.4) is 0 Å². The number of rotatable bonds is 3. The summed E-state index contributed by atoms with van der Waals surface area (Å²) in [5, 5.41) is 19.0. The van der Waals surface area contributed by atoms with Gasteiger partial charge in [0.05, 0.1) is 23.3 Å².